The lowest BCUT2D eigenvalue weighted by Crippen LogP contribution is -1.93. The second-order valence-corrected chi connectivity index (χ2v) is 4.86. The monoisotopic (exact) mass is 222 g/mol. The summed E-state index contributed by atoms with van der Waals surface area (Å²) in [5.74, 6) is 0. The van der Waals surface area contributed by atoms with Crippen molar-refractivity contribution in [3.63, 3.8) is 0 Å². The number of rotatable bonds is 3. The minimum Gasteiger partial charge on any atom is -0.258 e. The van der Waals surface area contributed by atoms with Gasteiger partial charge in [0.15, 0.2) is 0 Å². The van der Waals surface area contributed by atoms with Crippen LogP contribution in [-0.4, -0.2) is 10.2 Å². The highest BCUT2D eigenvalue weighted by Gasteiger charge is 2.13. The molecule has 0 bridgehead atoms. The quantitative estimate of drug-likeness (QED) is 0.448. The molecule has 0 N–H and O–H groups in total. The Hall–Kier alpha value is -1.54. The first-order valence-electron chi connectivity index (χ1n) is 4.39. The highest BCUT2D eigenvalue weighted by atomic mass is 32.2. The highest BCUT2D eigenvalue weighted by Crippen LogP contribution is 2.27. The summed E-state index contributed by atoms with van der Waals surface area (Å²) < 4.78 is 0. The lowest BCUT2D eigenvalue weighted by Gasteiger charge is -2.04. The Morgan fingerprint density at radius 2 is 2.20 bits per heavy atom. The van der Waals surface area contributed by atoms with Crippen LogP contribution in [0.4, 0.5) is 5.69 Å². The molecule has 0 aliphatic rings. The predicted molar refractivity (Wildman–Crippen MR) is 58.8 cm³/mol. The smallest absolute Gasteiger partial charge is 0.258 e. The second-order valence-electron chi connectivity index (χ2n) is 3.21. The fourth-order valence-electron chi connectivity index (χ4n) is 1.11. The van der Waals surface area contributed by atoms with E-state index in [0.29, 0.717) is 5.25 Å². The zero-order chi connectivity index (χ0) is 11.4. The normalized spacial score (nSPS) is 10.0. The van der Waals surface area contributed by atoms with E-state index in [9.17, 15) is 10.1 Å². The molecule has 5 heteroatoms. The zero-order valence-electron chi connectivity index (χ0n) is 8.43. The van der Waals surface area contributed by atoms with Crippen LogP contribution in [-0.2, 0) is 0 Å². The molecule has 1 rings (SSSR count). The van der Waals surface area contributed by atoms with Crippen LogP contribution in [0.15, 0.2) is 23.1 Å². The van der Waals surface area contributed by atoms with Gasteiger partial charge >= 0.3 is 0 Å². The predicted octanol–water partition coefficient (Wildman–Crippen LogP) is 2.97. The third-order valence-electron chi connectivity index (χ3n) is 1.66. The van der Waals surface area contributed by atoms with Crippen LogP contribution in [0.5, 0.6) is 0 Å². The standard InChI is InChI=1S/C10H10N2O2S/c1-7(2)15-9-3-4-10(12(13)14)8(5-9)6-11/h3-5,7H,1-2H3. The number of nitriles is 1. The molecule has 0 spiro atoms. The Kier molecular flexibility index (Phi) is 3.69. The molecule has 15 heavy (non-hydrogen) atoms. The molecular weight excluding hydrogens is 212 g/mol. The van der Waals surface area contributed by atoms with Crippen LogP contribution in [0.3, 0.4) is 0 Å². The molecule has 0 aliphatic carbocycles. The zero-order valence-corrected chi connectivity index (χ0v) is 9.25. The van der Waals surface area contributed by atoms with Crippen LogP contribution in [0.25, 0.3) is 0 Å². The SMILES string of the molecule is CC(C)Sc1ccc([N+](=O)[O-])c(C#N)c1. The first-order chi connectivity index (χ1) is 7.04. The number of nitro groups is 1. The van der Waals surface area contributed by atoms with E-state index < -0.39 is 4.92 Å². The van der Waals surface area contributed by atoms with Gasteiger partial charge in [0.1, 0.15) is 11.6 Å². The summed E-state index contributed by atoms with van der Waals surface area (Å²) in [6.07, 6.45) is 0. The molecule has 1 aromatic rings. The van der Waals surface area contributed by atoms with E-state index in [2.05, 4.69) is 0 Å². The maximum absolute atomic E-state index is 10.6. The van der Waals surface area contributed by atoms with Gasteiger partial charge in [0.25, 0.3) is 5.69 Å². The molecule has 0 aromatic heterocycles. The number of nitro benzene ring substituents is 1. The fraction of sp³-hybridized carbons (Fsp3) is 0.300. The second kappa shape index (κ2) is 4.80. The van der Waals surface area contributed by atoms with Gasteiger partial charge in [0.2, 0.25) is 0 Å². The maximum Gasteiger partial charge on any atom is 0.287 e. The molecule has 1 aromatic carbocycles. The van der Waals surface area contributed by atoms with Crippen molar-refractivity contribution in [3.05, 3.63) is 33.9 Å². The molecule has 0 radical (unpaired) electrons. The molecule has 0 aliphatic heterocycles. The maximum atomic E-state index is 10.6. The number of nitrogens with zero attached hydrogens (tertiary/aromatic N) is 2. The molecule has 0 saturated carbocycles. The van der Waals surface area contributed by atoms with Gasteiger partial charge in [-0.2, -0.15) is 5.26 Å². The Labute approximate surface area is 92.1 Å². The van der Waals surface area contributed by atoms with E-state index in [1.165, 1.54) is 6.07 Å². The van der Waals surface area contributed by atoms with Crippen molar-refractivity contribution in [1.29, 1.82) is 5.26 Å². The molecular formula is C10H10N2O2S. The number of hydrogen-bond acceptors (Lipinski definition) is 4. The van der Waals surface area contributed by atoms with Gasteiger partial charge in [0.05, 0.1) is 4.92 Å². The molecule has 4 nitrogen and oxygen atoms in total. The van der Waals surface area contributed by atoms with Crippen molar-refractivity contribution >= 4 is 17.4 Å². The molecule has 0 heterocycles. The topological polar surface area (TPSA) is 66.9 Å². The van der Waals surface area contributed by atoms with Crippen molar-refractivity contribution in [2.75, 3.05) is 0 Å². The Morgan fingerprint density at radius 1 is 1.53 bits per heavy atom. The minimum atomic E-state index is -0.539. The third-order valence-corrected chi connectivity index (χ3v) is 2.65. The fourth-order valence-corrected chi connectivity index (χ4v) is 1.99. The Balaban J connectivity index is 3.09. The lowest BCUT2D eigenvalue weighted by atomic mass is 10.2. The minimum absolute atomic E-state index is 0.116. The van der Waals surface area contributed by atoms with Gasteiger partial charge in [-0.25, -0.2) is 0 Å². The van der Waals surface area contributed by atoms with E-state index in [-0.39, 0.29) is 11.3 Å². The van der Waals surface area contributed by atoms with E-state index >= 15 is 0 Å². The third kappa shape index (κ3) is 2.96. The summed E-state index contributed by atoms with van der Waals surface area (Å²) >= 11 is 1.57. The van der Waals surface area contributed by atoms with Crippen LogP contribution >= 0.6 is 11.8 Å². The summed E-state index contributed by atoms with van der Waals surface area (Å²) in [6.45, 7) is 4.05. The molecule has 0 amide bonds. The number of hydrogen-bond donors (Lipinski definition) is 0. The van der Waals surface area contributed by atoms with Gasteiger partial charge < -0.3 is 0 Å². The van der Waals surface area contributed by atoms with Crippen LogP contribution in [0, 0.1) is 21.4 Å². The van der Waals surface area contributed by atoms with E-state index in [0.717, 1.165) is 4.90 Å². The Bertz CT molecular complexity index is 424. The summed E-state index contributed by atoms with van der Waals surface area (Å²) in [5.41, 5.74) is -0.0174. The molecule has 0 saturated heterocycles. The average Bonchev–Trinajstić information content (AvgIpc) is 2.16. The van der Waals surface area contributed by atoms with Crippen molar-refractivity contribution < 1.29 is 4.92 Å². The van der Waals surface area contributed by atoms with Crippen molar-refractivity contribution in [1.82, 2.24) is 0 Å². The summed E-state index contributed by atoms with van der Waals surface area (Å²) in [7, 11) is 0. The first kappa shape index (κ1) is 11.5. The Morgan fingerprint density at radius 3 is 2.67 bits per heavy atom. The van der Waals surface area contributed by atoms with Crippen LogP contribution in [0.1, 0.15) is 19.4 Å². The summed E-state index contributed by atoms with van der Waals surface area (Å²) in [5, 5.41) is 19.7. The van der Waals surface area contributed by atoms with Gasteiger partial charge in [-0.1, -0.05) is 13.8 Å². The van der Waals surface area contributed by atoms with Crippen molar-refractivity contribution in [2.24, 2.45) is 0 Å². The van der Waals surface area contributed by atoms with Gasteiger partial charge in [-0.15, -0.1) is 11.8 Å². The molecule has 78 valence electrons. The highest BCUT2D eigenvalue weighted by molar-refractivity contribution is 7.99. The van der Waals surface area contributed by atoms with Gasteiger partial charge in [-0.3, -0.25) is 10.1 Å². The van der Waals surface area contributed by atoms with E-state index in [1.807, 2.05) is 19.9 Å². The summed E-state index contributed by atoms with van der Waals surface area (Å²) in [6, 6.07) is 6.44. The number of thioether (sulfide) groups is 1. The molecule has 0 fully saturated rings. The van der Waals surface area contributed by atoms with Gasteiger partial charge in [-0.05, 0) is 12.1 Å². The average molecular weight is 222 g/mol. The van der Waals surface area contributed by atoms with Crippen molar-refractivity contribution in [3.8, 4) is 6.07 Å². The largest absolute Gasteiger partial charge is 0.287 e. The van der Waals surface area contributed by atoms with Crippen LogP contribution in [0.2, 0.25) is 0 Å². The van der Waals surface area contributed by atoms with Crippen LogP contribution < -0.4 is 0 Å². The summed E-state index contributed by atoms with van der Waals surface area (Å²) in [4.78, 5) is 10.9. The molecule has 0 unspecified atom stereocenters. The van der Waals surface area contributed by atoms with E-state index in [1.54, 1.807) is 23.9 Å². The van der Waals surface area contributed by atoms with Gasteiger partial charge in [0, 0.05) is 16.2 Å². The molecule has 0 atom stereocenters. The lowest BCUT2D eigenvalue weighted by molar-refractivity contribution is -0.385. The first-order valence-corrected chi connectivity index (χ1v) is 5.27. The number of benzene rings is 1. The van der Waals surface area contributed by atoms with E-state index in [4.69, 9.17) is 5.26 Å². The van der Waals surface area contributed by atoms with Crippen molar-refractivity contribution in [2.45, 2.75) is 24.0 Å².